The zero-order valence-electron chi connectivity index (χ0n) is 23.8. The van der Waals surface area contributed by atoms with Crippen LogP contribution in [-0.4, -0.2) is 66.2 Å². The van der Waals surface area contributed by atoms with Crippen LogP contribution in [0.2, 0.25) is 0 Å². The van der Waals surface area contributed by atoms with Gasteiger partial charge in [-0.15, -0.1) is 0 Å². The van der Waals surface area contributed by atoms with Crippen molar-refractivity contribution in [3.05, 3.63) is 70.8 Å². The molecule has 1 saturated carbocycles. The Morgan fingerprint density at radius 1 is 0.929 bits per heavy atom. The first-order valence-electron chi connectivity index (χ1n) is 14.5. The Hall–Kier alpha value is -2.63. The SMILES string of the molecule is CC(C(=O)NCCc1cc(C(F)(F)F)cc(C(F)(F)F)c1)(c1ccccc1)N1CCC(N(CCCO)CC2CC2)CC1. The number of halogens is 6. The second kappa shape index (κ2) is 13.3. The molecule has 1 saturated heterocycles. The summed E-state index contributed by atoms with van der Waals surface area (Å²) in [5.74, 6) is 0.358. The lowest BCUT2D eigenvalue weighted by molar-refractivity contribution is -0.143. The topological polar surface area (TPSA) is 55.8 Å². The van der Waals surface area contributed by atoms with E-state index in [-0.39, 0.29) is 37.1 Å². The standard InChI is InChI=1S/C31H39F6N3O2/c1-29(24-6-3-2-4-7-24,40-15-11-27(12-16-40)39(14-5-17-41)21-22-8-9-22)28(42)38-13-10-23-18-25(30(32,33)34)20-26(19-23)31(35,36)37/h2-4,6-7,18-20,22,27,41H,5,8-17,21H2,1H3,(H,38,42). The molecule has 1 aliphatic carbocycles. The summed E-state index contributed by atoms with van der Waals surface area (Å²) in [5.41, 5.74) is -3.22. The molecule has 2 aliphatic rings. The van der Waals surface area contributed by atoms with Crippen LogP contribution in [0, 0.1) is 5.92 Å². The number of carbonyl (C=O) groups excluding carboxylic acids is 1. The number of aliphatic hydroxyl groups is 1. The molecule has 1 heterocycles. The molecule has 0 aromatic heterocycles. The van der Waals surface area contributed by atoms with Gasteiger partial charge in [-0.1, -0.05) is 30.3 Å². The first-order chi connectivity index (χ1) is 19.8. The zero-order valence-corrected chi connectivity index (χ0v) is 23.8. The van der Waals surface area contributed by atoms with Crippen molar-refractivity contribution in [1.29, 1.82) is 0 Å². The molecule has 2 aromatic carbocycles. The summed E-state index contributed by atoms with van der Waals surface area (Å²) in [6, 6.07) is 11.1. The smallest absolute Gasteiger partial charge is 0.396 e. The number of nitrogens with one attached hydrogen (secondary N) is 1. The molecule has 0 bridgehead atoms. The van der Waals surface area contributed by atoms with E-state index in [0.29, 0.717) is 43.6 Å². The first-order valence-corrected chi connectivity index (χ1v) is 14.5. The summed E-state index contributed by atoms with van der Waals surface area (Å²) in [4.78, 5) is 18.3. The summed E-state index contributed by atoms with van der Waals surface area (Å²) >= 11 is 0. The predicted octanol–water partition coefficient (Wildman–Crippen LogP) is 5.86. The number of benzene rings is 2. The van der Waals surface area contributed by atoms with E-state index in [1.165, 1.54) is 12.8 Å². The molecular weight excluding hydrogens is 560 g/mol. The summed E-state index contributed by atoms with van der Waals surface area (Å²) in [6.45, 7) is 4.99. The van der Waals surface area contributed by atoms with Gasteiger partial charge >= 0.3 is 12.4 Å². The number of amides is 1. The number of hydrogen-bond acceptors (Lipinski definition) is 4. The van der Waals surface area contributed by atoms with E-state index in [0.717, 1.165) is 31.5 Å². The lowest BCUT2D eigenvalue weighted by Gasteiger charge is -2.46. The molecule has 2 N–H and O–H groups in total. The van der Waals surface area contributed by atoms with E-state index in [9.17, 15) is 36.2 Å². The summed E-state index contributed by atoms with van der Waals surface area (Å²) in [7, 11) is 0. The van der Waals surface area contributed by atoms with E-state index in [1.807, 2.05) is 37.3 Å². The highest BCUT2D eigenvalue weighted by Gasteiger charge is 2.43. The highest BCUT2D eigenvalue weighted by Crippen LogP contribution is 2.37. The number of hydrogen-bond donors (Lipinski definition) is 2. The van der Waals surface area contributed by atoms with Gasteiger partial charge in [0.1, 0.15) is 5.54 Å². The minimum atomic E-state index is -4.93. The van der Waals surface area contributed by atoms with Gasteiger partial charge in [0.15, 0.2) is 0 Å². The average Bonchev–Trinajstić information content (AvgIpc) is 3.78. The lowest BCUT2D eigenvalue weighted by Crippen LogP contribution is -2.58. The fraction of sp³-hybridized carbons (Fsp3) is 0.581. The van der Waals surface area contributed by atoms with Gasteiger partial charge in [0.05, 0.1) is 11.1 Å². The molecule has 0 spiro atoms. The Morgan fingerprint density at radius 3 is 2.05 bits per heavy atom. The van der Waals surface area contributed by atoms with Gasteiger partial charge in [-0.2, -0.15) is 26.3 Å². The van der Waals surface area contributed by atoms with Crippen LogP contribution in [0.3, 0.4) is 0 Å². The van der Waals surface area contributed by atoms with Crippen LogP contribution >= 0.6 is 0 Å². The highest BCUT2D eigenvalue weighted by molar-refractivity contribution is 5.87. The summed E-state index contributed by atoms with van der Waals surface area (Å²) < 4.78 is 79.7. The van der Waals surface area contributed by atoms with Crippen LogP contribution in [0.15, 0.2) is 48.5 Å². The third kappa shape index (κ3) is 8.05. The second-order valence-electron chi connectivity index (χ2n) is 11.6. The van der Waals surface area contributed by atoms with Crippen molar-refractivity contribution in [2.45, 2.75) is 69.4 Å². The lowest BCUT2D eigenvalue weighted by atomic mass is 9.86. The van der Waals surface area contributed by atoms with Gasteiger partial charge < -0.3 is 10.4 Å². The van der Waals surface area contributed by atoms with E-state index in [4.69, 9.17) is 0 Å². The van der Waals surface area contributed by atoms with Gasteiger partial charge in [-0.3, -0.25) is 14.6 Å². The van der Waals surface area contributed by atoms with Crippen molar-refractivity contribution in [3.8, 4) is 0 Å². The second-order valence-corrected chi connectivity index (χ2v) is 11.6. The number of nitrogens with zero attached hydrogens (tertiary/aromatic N) is 2. The van der Waals surface area contributed by atoms with Crippen molar-refractivity contribution in [1.82, 2.24) is 15.1 Å². The molecule has 1 unspecified atom stereocenters. The van der Waals surface area contributed by atoms with Gasteiger partial charge in [0.2, 0.25) is 5.91 Å². The Labute approximate surface area is 242 Å². The Kier molecular flexibility index (Phi) is 10.3. The van der Waals surface area contributed by atoms with Crippen LogP contribution < -0.4 is 5.32 Å². The largest absolute Gasteiger partial charge is 0.416 e. The summed E-state index contributed by atoms with van der Waals surface area (Å²) in [6.07, 6.45) is -5.17. The van der Waals surface area contributed by atoms with E-state index in [1.54, 1.807) is 0 Å². The minimum absolute atomic E-state index is 0.105. The molecule has 1 amide bonds. The maximum absolute atomic E-state index is 13.8. The fourth-order valence-corrected chi connectivity index (χ4v) is 5.88. The van der Waals surface area contributed by atoms with Gasteiger partial charge in [-0.05, 0) is 80.7 Å². The fourth-order valence-electron chi connectivity index (χ4n) is 5.88. The molecule has 2 aromatic rings. The van der Waals surface area contributed by atoms with Crippen LogP contribution in [0.4, 0.5) is 26.3 Å². The Bertz CT molecular complexity index is 1150. The highest BCUT2D eigenvalue weighted by atomic mass is 19.4. The van der Waals surface area contributed by atoms with Crippen molar-refractivity contribution >= 4 is 5.91 Å². The van der Waals surface area contributed by atoms with Crippen LogP contribution in [0.1, 0.15) is 61.3 Å². The Morgan fingerprint density at radius 2 is 1.52 bits per heavy atom. The molecule has 1 atom stereocenters. The molecule has 5 nitrogen and oxygen atoms in total. The molecule has 42 heavy (non-hydrogen) atoms. The van der Waals surface area contributed by atoms with Crippen molar-refractivity contribution in [2.24, 2.45) is 5.92 Å². The van der Waals surface area contributed by atoms with E-state index in [2.05, 4.69) is 15.1 Å². The van der Waals surface area contributed by atoms with Crippen LogP contribution in [-0.2, 0) is 29.1 Å². The molecule has 0 radical (unpaired) electrons. The predicted molar refractivity (Wildman–Crippen MR) is 148 cm³/mol. The third-order valence-corrected chi connectivity index (χ3v) is 8.53. The molecule has 2 fully saturated rings. The normalized spacial score (nSPS) is 18.7. The zero-order chi connectivity index (χ0) is 30.5. The van der Waals surface area contributed by atoms with Crippen LogP contribution in [0.5, 0.6) is 0 Å². The average molecular weight is 600 g/mol. The number of piperidine rings is 1. The number of carbonyl (C=O) groups is 1. The number of alkyl halides is 6. The van der Waals surface area contributed by atoms with Crippen molar-refractivity contribution in [2.75, 3.05) is 39.3 Å². The van der Waals surface area contributed by atoms with E-state index >= 15 is 0 Å². The molecule has 232 valence electrons. The maximum Gasteiger partial charge on any atom is 0.416 e. The van der Waals surface area contributed by atoms with Gasteiger partial charge in [0, 0.05) is 45.4 Å². The number of aliphatic hydroxyl groups excluding tert-OH is 1. The summed E-state index contributed by atoms with van der Waals surface area (Å²) in [5, 5.41) is 12.2. The number of likely N-dealkylation sites (tertiary alicyclic amines) is 1. The van der Waals surface area contributed by atoms with Gasteiger partial charge in [0.25, 0.3) is 0 Å². The van der Waals surface area contributed by atoms with E-state index < -0.39 is 29.0 Å². The van der Waals surface area contributed by atoms with Crippen molar-refractivity contribution < 1.29 is 36.2 Å². The molecule has 11 heteroatoms. The molecular formula is C31H39F6N3O2. The van der Waals surface area contributed by atoms with Crippen LogP contribution in [0.25, 0.3) is 0 Å². The monoisotopic (exact) mass is 599 g/mol. The maximum atomic E-state index is 13.8. The quantitative estimate of drug-likeness (QED) is 0.301. The minimum Gasteiger partial charge on any atom is -0.396 e. The first kappa shape index (κ1) is 32.3. The molecule has 1 aliphatic heterocycles. The van der Waals surface area contributed by atoms with Gasteiger partial charge in [-0.25, -0.2) is 0 Å². The third-order valence-electron chi connectivity index (χ3n) is 8.53. The van der Waals surface area contributed by atoms with Crippen molar-refractivity contribution in [3.63, 3.8) is 0 Å². The molecule has 4 rings (SSSR count). The number of rotatable bonds is 12. The Balaban J connectivity index is 1.46.